The normalized spacial score (nSPS) is 14.6. The van der Waals surface area contributed by atoms with Gasteiger partial charge in [-0.2, -0.15) is 13.2 Å². The molecule has 8 nitrogen and oxygen atoms in total. The van der Waals surface area contributed by atoms with E-state index in [2.05, 4.69) is 25.2 Å². The van der Waals surface area contributed by atoms with Crippen LogP contribution in [0, 0.1) is 5.82 Å². The number of aromatic nitrogens is 4. The summed E-state index contributed by atoms with van der Waals surface area (Å²) in [7, 11) is 3.14. The van der Waals surface area contributed by atoms with Crippen LogP contribution in [0.25, 0.3) is 11.4 Å². The van der Waals surface area contributed by atoms with Crippen LogP contribution in [0.5, 0.6) is 0 Å². The Hall–Kier alpha value is -3.25. The summed E-state index contributed by atoms with van der Waals surface area (Å²) in [6, 6.07) is 6.62. The molecule has 1 aliphatic heterocycles. The zero-order chi connectivity index (χ0) is 23.8. The maximum Gasteiger partial charge on any atom is 0.449 e. The SMILES string of the molecule is CN1CCN(C(=O)c2ccc(Nc3ncc(F)c(-c4cnc(C(F)(F)F)n4C)n3)cc2)CC1.Cl. The van der Waals surface area contributed by atoms with E-state index in [0.717, 1.165) is 37.1 Å². The van der Waals surface area contributed by atoms with Crippen molar-refractivity contribution in [1.29, 1.82) is 0 Å². The van der Waals surface area contributed by atoms with Crippen molar-refractivity contribution in [1.82, 2.24) is 29.3 Å². The van der Waals surface area contributed by atoms with E-state index in [9.17, 15) is 22.4 Å². The molecule has 13 heteroatoms. The second kappa shape index (κ2) is 9.94. The lowest BCUT2D eigenvalue weighted by Crippen LogP contribution is -2.47. The molecule has 1 amide bonds. The molecule has 1 N–H and O–H groups in total. The van der Waals surface area contributed by atoms with Gasteiger partial charge in [-0.05, 0) is 31.3 Å². The van der Waals surface area contributed by atoms with Crippen LogP contribution in [0.1, 0.15) is 16.2 Å². The van der Waals surface area contributed by atoms with Crippen molar-refractivity contribution in [3.05, 3.63) is 53.9 Å². The molecule has 0 unspecified atom stereocenters. The zero-order valence-electron chi connectivity index (χ0n) is 18.3. The lowest BCUT2D eigenvalue weighted by atomic mass is 10.1. The molecule has 1 fully saturated rings. The van der Waals surface area contributed by atoms with Crippen molar-refractivity contribution >= 4 is 29.9 Å². The minimum absolute atomic E-state index is 0. The van der Waals surface area contributed by atoms with Crippen LogP contribution in [-0.4, -0.2) is 68.5 Å². The molecule has 1 aliphatic rings. The third-order valence-corrected chi connectivity index (χ3v) is 5.41. The van der Waals surface area contributed by atoms with Crippen LogP contribution in [-0.2, 0) is 13.2 Å². The number of benzene rings is 1. The van der Waals surface area contributed by atoms with Crippen molar-refractivity contribution in [2.75, 3.05) is 38.5 Å². The van der Waals surface area contributed by atoms with Gasteiger partial charge in [0.2, 0.25) is 11.8 Å². The van der Waals surface area contributed by atoms with Crippen LogP contribution in [0.15, 0.2) is 36.7 Å². The highest BCUT2D eigenvalue weighted by Crippen LogP contribution is 2.31. The van der Waals surface area contributed by atoms with E-state index in [0.29, 0.717) is 24.3 Å². The molecular weight excluding hydrogens is 478 g/mol. The Bertz CT molecular complexity index is 1160. The highest BCUT2D eigenvalue weighted by Gasteiger charge is 2.37. The number of alkyl halides is 3. The summed E-state index contributed by atoms with van der Waals surface area (Å²) in [6.07, 6.45) is -2.89. The van der Waals surface area contributed by atoms with Gasteiger partial charge >= 0.3 is 6.18 Å². The predicted octanol–water partition coefficient (Wildman–Crippen LogP) is 3.59. The highest BCUT2D eigenvalue weighted by molar-refractivity contribution is 5.94. The van der Waals surface area contributed by atoms with Crippen LogP contribution in [0.2, 0.25) is 0 Å². The summed E-state index contributed by atoms with van der Waals surface area (Å²) in [4.78, 5) is 27.8. The van der Waals surface area contributed by atoms with Crippen molar-refractivity contribution in [3.63, 3.8) is 0 Å². The van der Waals surface area contributed by atoms with E-state index < -0.39 is 17.8 Å². The number of imidazole rings is 1. The van der Waals surface area contributed by atoms with E-state index >= 15 is 0 Å². The number of amides is 1. The van der Waals surface area contributed by atoms with Crippen LogP contribution in [0.4, 0.5) is 29.2 Å². The Kier molecular flexibility index (Phi) is 7.41. The fourth-order valence-corrected chi connectivity index (χ4v) is 3.52. The lowest BCUT2D eigenvalue weighted by Gasteiger charge is -2.32. The Morgan fingerprint density at radius 2 is 1.65 bits per heavy atom. The molecule has 1 saturated heterocycles. The quantitative estimate of drug-likeness (QED) is 0.553. The summed E-state index contributed by atoms with van der Waals surface area (Å²) >= 11 is 0. The van der Waals surface area contributed by atoms with Crippen molar-refractivity contribution < 1.29 is 22.4 Å². The first kappa shape index (κ1) is 25.4. The fraction of sp³-hybridized carbons (Fsp3) is 0.333. The summed E-state index contributed by atoms with van der Waals surface area (Å²) < 4.78 is 54.1. The molecular formula is C21H22ClF4N7O. The maximum absolute atomic E-state index is 14.3. The van der Waals surface area contributed by atoms with Gasteiger partial charge in [0, 0.05) is 44.5 Å². The van der Waals surface area contributed by atoms with Gasteiger partial charge in [0.15, 0.2) is 5.82 Å². The molecule has 0 saturated carbocycles. The third kappa shape index (κ3) is 5.28. The minimum Gasteiger partial charge on any atom is -0.336 e. The highest BCUT2D eigenvalue weighted by atomic mass is 35.5. The number of nitrogens with one attached hydrogen (secondary N) is 1. The number of rotatable bonds is 4. The summed E-state index contributed by atoms with van der Waals surface area (Å²) in [5.74, 6) is -2.12. The molecule has 0 aliphatic carbocycles. The van der Waals surface area contributed by atoms with Crippen LogP contribution >= 0.6 is 12.4 Å². The average Bonchev–Trinajstić information content (AvgIpc) is 3.17. The predicted molar refractivity (Wildman–Crippen MR) is 120 cm³/mol. The van der Waals surface area contributed by atoms with E-state index in [1.165, 1.54) is 0 Å². The van der Waals surface area contributed by atoms with Crippen molar-refractivity contribution in [2.45, 2.75) is 6.18 Å². The first-order valence-corrected chi connectivity index (χ1v) is 10.1. The third-order valence-electron chi connectivity index (χ3n) is 5.41. The summed E-state index contributed by atoms with van der Waals surface area (Å²) in [6.45, 7) is 2.95. The smallest absolute Gasteiger partial charge is 0.336 e. The van der Waals surface area contributed by atoms with Gasteiger partial charge in [-0.3, -0.25) is 4.79 Å². The largest absolute Gasteiger partial charge is 0.449 e. The van der Waals surface area contributed by atoms with Gasteiger partial charge in [-0.15, -0.1) is 12.4 Å². The van der Waals surface area contributed by atoms with Crippen molar-refractivity contribution in [2.24, 2.45) is 7.05 Å². The Morgan fingerprint density at radius 3 is 2.24 bits per heavy atom. The molecule has 182 valence electrons. The van der Waals surface area contributed by atoms with Gasteiger partial charge in [0.25, 0.3) is 5.91 Å². The van der Waals surface area contributed by atoms with E-state index in [1.54, 1.807) is 29.2 Å². The molecule has 0 atom stereocenters. The van der Waals surface area contributed by atoms with E-state index in [-0.39, 0.29) is 35.7 Å². The number of piperazine rings is 1. The van der Waals surface area contributed by atoms with Gasteiger partial charge in [-0.25, -0.2) is 19.3 Å². The second-order valence-corrected chi connectivity index (χ2v) is 7.71. The number of nitrogens with zero attached hydrogens (tertiary/aromatic N) is 6. The summed E-state index contributed by atoms with van der Waals surface area (Å²) in [5, 5.41) is 2.88. The molecule has 0 spiro atoms. The number of likely N-dealkylation sites (N-methyl/N-ethyl adjacent to an activating group) is 1. The minimum atomic E-state index is -4.68. The molecule has 34 heavy (non-hydrogen) atoms. The van der Waals surface area contributed by atoms with Crippen molar-refractivity contribution in [3.8, 4) is 11.4 Å². The molecule has 0 radical (unpaired) electrons. The number of halogens is 5. The lowest BCUT2D eigenvalue weighted by molar-refractivity contribution is -0.146. The molecule has 0 bridgehead atoms. The molecule has 3 heterocycles. The van der Waals surface area contributed by atoms with Crippen LogP contribution < -0.4 is 5.32 Å². The van der Waals surface area contributed by atoms with E-state index in [1.807, 2.05) is 7.05 Å². The van der Waals surface area contributed by atoms with Gasteiger partial charge in [0.05, 0.1) is 18.1 Å². The molecule has 4 rings (SSSR count). The number of carbonyl (C=O) groups is 1. The molecule has 3 aromatic rings. The van der Waals surface area contributed by atoms with Gasteiger partial charge in [-0.1, -0.05) is 0 Å². The molecule has 1 aromatic carbocycles. The monoisotopic (exact) mass is 499 g/mol. The first-order chi connectivity index (χ1) is 15.6. The van der Waals surface area contributed by atoms with E-state index in [4.69, 9.17) is 0 Å². The van der Waals surface area contributed by atoms with Gasteiger partial charge in [0.1, 0.15) is 5.69 Å². The Morgan fingerprint density at radius 1 is 1.00 bits per heavy atom. The number of hydrogen-bond acceptors (Lipinski definition) is 6. The Labute approximate surface area is 199 Å². The van der Waals surface area contributed by atoms with Gasteiger partial charge < -0.3 is 19.7 Å². The number of hydrogen-bond donors (Lipinski definition) is 1. The second-order valence-electron chi connectivity index (χ2n) is 7.71. The Balaban J connectivity index is 0.00000324. The topological polar surface area (TPSA) is 79.2 Å². The first-order valence-electron chi connectivity index (χ1n) is 10.1. The number of anilines is 2. The standard InChI is InChI=1S/C21H21F4N7O.ClH/c1-30-7-9-32(10-8-30)18(33)13-3-5-14(6-4-13)28-20-27-11-15(22)17(29-20)16-12-26-19(31(16)2)21(23,24)25;/h3-6,11-12H,7-10H2,1-2H3,(H,27,28,29);1H. The maximum atomic E-state index is 14.3. The fourth-order valence-electron chi connectivity index (χ4n) is 3.52. The average molecular weight is 500 g/mol. The molecule has 2 aromatic heterocycles. The van der Waals surface area contributed by atoms with Crippen LogP contribution in [0.3, 0.4) is 0 Å². The number of carbonyl (C=O) groups excluding carboxylic acids is 1. The summed E-state index contributed by atoms with van der Waals surface area (Å²) in [5.41, 5.74) is 0.599. The zero-order valence-corrected chi connectivity index (χ0v) is 19.1.